The Bertz CT molecular complexity index is 960. The normalized spacial score (nSPS) is 20.2. The van der Waals surface area contributed by atoms with E-state index in [2.05, 4.69) is 10.3 Å². The Morgan fingerprint density at radius 2 is 1.94 bits per heavy atom. The lowest BCUT2D eigenvalue weighted by Gasteiger charge is -2.33. The second-order valence-corrected chi connectivity index (χ2v) is 10.2. The Labute approximate surface area is 204 Å². The average molecular weight is 497 g/mol. The van der Waals surface area contributed by atoms with E-state index in [9.17, 15) is 19.8 Å². The van der Waals surface area contributed by atoms with Gasteiger partial charge in [-0.3, -0.25) is 9.59 Å². The molecule has 1 aromatic carbocycles. The van der Waals surface area contributed by atoms with Crippen molar-refractivity contribution in [3.63, 3.8) is 0 Å². The summed E-state index contributed by atoms with van der Waals surface area (Å²) in [5.41, 5.74) is 10.2. The monoisotopic (exact) mass is 496 g/mol. The maximum Gasteiger partial charge on any atom is 0.243 e. The van der Waals surface area contributed by atoms with Crippen molar-refractivity contribution in [3.8, 4) is 10.4 Å². The number of aliphatic hydroxyl groups excluding tert-OH is 2. The summed E-state index contributed by atoms with van der Waals surface area (Å²) in [7, 11) is 0. The molecule has 1 fully saturated rings. The van der Waals surface area contributed by atoms with Crippen LogP contribution in [-0.4, -0.2) is 63.3 Å². The number of nitrogens with two attached hydrogens (primary N) is 1. The zero-order valence-corrected chi connectivity index (χ0v) is 20.9. The fourth-order valence-corrected chi connectivity index (χ4v) is 4.61. The lowest BCUT2D eigenvalue weighted by atomic mass is 9.86. The molecule has 0 spiro atoms. The van der Waals surface area contributed by atoms with E-state index in [0.29, 0.717) is 0 Å². The molecule has 0 aliphatic carbocycles. The maximum absolute atomic E-state index is 13.0. The standard InChI is InChI=1S/C23H32N4O4S.ClH/c1-13-19(32-12-25-13)15-7-5-14(6-8-15)17(11-28)26-21(30)18-9-16(29)10-27(18)22(31)20(24)23(2,3)4;/h5-8,12,16-18,20,28-29H,9-11,24H2,1-4H3,(H,26,30);1H. The van der Waals surface area contributed by atoms with Gasteiger partial charge in [-0.05, 0) is 23.5 Å². The molecule has 2 aromatic rings. The van der Waals surface area contributed by atoms with Gasteiger partial charge in [0.2, 0.25) is 11.8 Å². The zero-order valence-electron chi connectivity index (χ0n) is 19.3. The first kappa shape index (κ1) is 27.2. The number of aryl methyl sites for hydroxylation is 1. The predicted octanol–water partition coefficient (Wildman–Crippen LogP) is 2.03. The van der Waals surface area contributed by atoms with Crippen LogP contribution in [0.4, 0.5) is 0 Å². The highest BCUT2D eigenvalue weighted by atomic mass is 35.5. The number of halogens is 1. The topological polar surface area (TPSA) is 129 Å². The molecule has 0 bridgehead atoms. The Balaban J connectivity index is 0.00000385. The van der Waals surface area contributed by atoms with Crippen LogP contribution in [0.15, 0.2) is 29.8 Å². The van der Waals surface area contributed by atoms with Crippen LogP contribution in [0.1, 0.15) is 44.5 Å². The van der Waals surface area contributed by atoms with Crippen molar-refractivity contribution < 1.29 is 19.8 Å². The van der Waals surface area contributed by atoms with Crippen LogP contribution in [-0.2, 0) is 9.59 Å². The molecule has 4 atom stereocenters. The summed E-state index contributed by atoms with van der Waals surface area (Å²) in [6.45, 7) is 7.29. The number of likely N-dealkylation sites (tertiary alicyclic amines) is 1. The Kier molecular flexibility index (Phi) is 9.01. The number of aliphatic hydroxyl groups is 2. The third kappa shape index (κ3) is 6.10. The van der Waals surface area contributed by atoms with Gasteiger partial charge in [-0.1, -0.05) is 45.0 Å². The molecule has 33 heavy (non-hydrogen) atoms. The van der Waals surface area contributed by atoms with Crippen LogP contribution in [0.5, 0.6) is 0 Å². The van der Waals surface area contributed by atoms with Gasteiger partial charge in [0.15, 0.2) is 0 Å². The quantitative estimate of drug-likeness (QED) is 0.484. The highest BCUT2D eigenvalue weighted by molar-refractivity contribution is 7.13. The number of hydrogen-bond donors (Lipinski definition) is 4. The first-order valence-corrected chi connectivity index (χ1v) is 11.6. The molecule has 3 rings (SSSR count). The van der Waals surface area contributed by atoms with Gasteiger partial charge in [-0.2, -0.15) is 0 Å². The Morgan fingerprint density at radius 3 is 2.45 bits per heavy atom. The number of carbonyl (C=O) groups is 2. The number of nitrogens with zero attached hydrogens (tertiary/aromatic N) is 2. The summed E-state index contributed by atoms with van der Waals surface area (Å²) in [4.78, 5) is 32.7. The number of aromatic nitrogens is 1. The van der Waals surface area contributed by atoms with Crippen molar-refractivity contribution in [3.05, 3.63) is 41.0 Å². The zero-order chi connectivity index (χ0) is 23.6. The van der Waals surface area contributed by atoms with Crippen LogP contribution in [0.25, 0.3) is 10.4 Å². The van der Waals surface area contributed by atoms with Gasteiger partial charge in [-0.15, -0.1) is 23.7 Å². The van der Waals surface area contributed by atoms with E-state index in [1.54, 1.807) is 16.8 Å². The Morgan fingerprint density at radius 1 is 1.30 bits per heavy atom. The second-order valence-electron chi connectivity index (χ2n) is 9.37. The van der Waals surface area contributed by atoms with Crippen LogP contribution < -0.4 is 11.1 Å². The van der Waals surface area contributed by atoms with Crippen molar-refractivity contribution in [2.45, 2.75) is 58.3 Å². The van der Waals surface area contributed by atoms with Crippen molar-refractivity contribution in [1.82, 2.24) is 15.2 Å². The van der Waals surface area contributed by atoms with E-state index in [1.165, 1.54) is 4.90 Å². The predicted molar refractivity (Wildman–Crippen MR) is 131 cm³/mol. The lowest BCUT2D eigenvalue weighted by Crippen LogP contribution is -2.55. The molecule has 0 radical (unpaired) electrons. The van der Waals surface area contributed by atoms with Gasteiger partial charge >= 0.3 is 0 Å². The van der Waals surface area contributed by atoms with Gasteiger partial charge in [0.1, 0.15) is 6.04 Å². The molecule has 0 saturated carbocycles. The van der Waals surface area contributed by atoms with Gasteiger partial charge in [0.25, 0.3) is 0 Å². The number of thiazole rings is 1. The molecule has 2 heterocycles. The smallest absolute Gasteiger partial charge is 0.243 e. The van der Waals surface area contributed by atoms with Gasteiger partial charge in [-0.25, -0.2) is 4.98 Å². The van der Waals surface area contributed by atoms with E-state index in [4.69, 9.17) is 5.73 Å². The first-order valence-electron chi connectivity index (χ1n) is 10.7. The number of amides is 2. The molecule has 5 N–H and O–H groups in total. The molecule has 8 nitrogen and oxygen atoms in total. The fraction of sp³-hybridized carbons (Fsp3) is 0.522. The summed E-state index contributed by atoms with van der Waals surface area (Å²) in [6, 6.07) is 5.32. The molecule has 10 heteroatoms. The number of benzene rings is 1. The fourth-order valence-electron chi connectivity index (χ4n) is 3.80. The van der Waals surface area contributed by atoms with E-state index in [1.807, 2.05) is 52.0 Å². The van der Waals surface area contributed by atoms with Crippen molar-refractivity contribution in [1.29, 1.82) is 0 Å². The third-order valence-electron chi connectivity index (χ3n) is 5.88. The van der Waals surface area contributed by atoms with Gasteiger partial charge in [0, 0.05) is 13.0 Å². The minimum Gasteiger partial charge on any atom is -0.394 e. The highest BCUT2D eigenvalue weighted by Crippen LogP contribution is 2.29. The van der Waals surface area contributed by atoms with Crippen LogP contribution in [0.2, 0.25) is 0 Å². The van der Waals surface area contributed by atoms with E-state index < -0.39 is 35.6 Å². The summed E-state index contributed by atoms with van der Waals surface area (Å²) in [6.07, 6.45) is -0.660. The Hall–Kier alpha value is -2.04. The maximum atomic E-state index is 13.0. The summed E-state index contributed by atoms with van der Waals surface area (Å²) < 4.78 is 0. The molecule has 182 valence electrons. The van der Waals surface area contributed by atoms with E-state index >= 15 is 0 Å². The molecular weight excluding hydrogens is 464 g/mol. The van der Waals surface area contributed by atoms with Crippen LogP contribution in [0.3, 0.4) is 0 Å². The molecular formula is C23H33ClN4O4S. The molecule has 1 aliphatic rings. The molecule has 1 aliphatic heterocycles. The minimum atomic E-state index is -0.834. The summed E-state index contributed by atoms with van der Waals surface area (Å²) in [5.74, 6) is -0.781. The summed E-state index contributed by atoms with van der Waals surface area (Å²) >= 11 is 1.56. The number of carbonyl (C=O) groups excluding carboxylic acids is 2. The largest absolute Gasteiger partial charge is 0.394 e. The SMILES string of the molecule is Cc1ncsc1-c1ccc(C(CO)NC(=O)C2CC(O)CN2C(=O)C(N)C(C)(C)C)cc1.Cl. The number of nitrogens with one attached hydrogen (secondary N) is 1. The molecule has 1 aromatic heterocycles. The third-order valence-corrected chi connectivity index (χ3v) is 6.86. The lowest BCUT2D eigenvalue weighted by molar-refractivity contribution is -0.141. The van der Waals surface area contributed by atoms with Crippen LogP contribution in [0, 0.1) is 12.3 Å². The van der Waals surface area contributed by atoms with E-state index in [-0.39, 0.29) is 37.9 Å². The van der Waals surface area contributed by atoms with Crippen molar-refractivity contribution in [2.75, 3.05) is 13.2 Å². The minimum absolute atomic E-state index is 0. The van der Waals surface area contributed by atoms with Crippen molar-refractivity contribution in [2.24, 2.45) is 11.1 Å². The number of β-amino-alcohol motifs (C(OH)–C–C–N with tert-alkyl or cyclic N) is 1. The number of hydrogen-bond acceptors (Lipinski definition) is 7. The first-order chi connectivity index (χ1) is 15.0. The molecule has 2 amide bonds. The number of rotatable bonds is 6. The summed E-state index contributed by atoms with van der Waals surface area (Å²) in [5, 5.41) is 22.9. The molecule has 4 unspecified atom stereocenters. The van der Waals surface area contributed by atoms with Crippen LogP contribution >= 0.6 is 23.7 Å². The molecule has 1 saturated heterocycles. The van der Waals surface area contributed by atoms with Crippen molar-refractivity contribution >= 4 is 35.6 Å². The second kappa shape index (κ2) is 10.9. The van der Waals surface area contributed by atoms with Gasteiger partial charge in [0.05, 0.1) is 40.9 Å². The average Bonchev–Trinajstić information content (AvgIpc) is 3.35. The van der Waals surface area contributed by atoms with E-state index in [0.717, 1.165) is 21.7 Å². The highest BCUT2D eigenvalue weighted by Gasteiger charge is 2.43. The van der Waals surface area contributed by atoms with Gasteiger partial charge < -0.3 is 26.2 Å².